The van der Waals surface area contributed by atoms with E-state index in [-0.39, 0.29) is 11.7 Å². The molecule has 3 aromatic rings. The number of furan rings is 1. The van der Waals surface area contributed by atoms with Gasteiger partial charge in [-0.05, 0) is 42.5 Å². The predicted molar refractivity (Wildman–Crippen MR) is 118 cm³/mol. The highest BCUT2D eigenvalue weighted by molar-refractivity contribution is 8.14. The highest BCUT2D eigenvalue weighted by atomic mass is 32.2. The summed E-state index contributed by atoms with van der Waals surface area (Å²) < 4.78 is 19.3. The minimum absolute atomic E-state index is 0.251. The van der Waals surface area contributed by atoms with E-state index in [1.165, 1.54) is 23.9 Å². The summed E-state index contributed by atoms with van der Waals surface area (Å²) in [6.07, 6.45) is 1.09. The summed E-state index contributed by atoms with van der Waals surface area (Å²) in [5, 5.41) is 10.9. The smallest absolute Gasteiger partial charge is 0.276 e. The Labute approximate surface area is 181 Å². The average Bonchev–Trinajstić information content (AvgIpc) is 3.27. The molecule has 2 aliphatic rings. The summed E-state index contributed by atoms with van der Waals surface area (Å²) in [5.41, 5.74) is 1.16. The van der Waals surface area contributed by atoms with Crippen molar-refractivity contribution >= 4 is 28.5 Å². The summed E-state index contributed by atoms with van der Waals surface area (Å²) in [4.78, 5) is 17.8. The molecular formula is C23H17FN4O2S. The number of hydrogen-bond donors (Lipinski definition) is 1. The topological polar surface area (TPSA) is 70.2 Å². The second-order valence-electron chi connectivity index (χ2n) is 6.88. The summed E-state index contributed by atoms with van der Waals surface area (Å²) in [6, 6.07) is 17.1. The molecule has 1 atom stereocenters. The van der Waals surface area contributed by atoms with Gasteiger partial charge in [0.05, 0.1) is 5.36 Å². The lowest BCUT2D eigenvalue weighted by molar-refractivity contribution is -0.116. The minimum Gasteiger partial charge on any atom is -0.457 e. The Morgan fingerprint density at radius 2 is 1.97 bits per heavy atom. The van der Waals surface area contributed by atoms with Crippen LogP contribution in [0.2, 0.25) is 0 Å². The van der Waals surface area contributed by atoms with Crippen LogP contribution in [0.4, 0.5) is 4.39 Å². The summed E-state index contributed by atoms with van der Waals surface area (Å²) in [5.74, 6) is 1.15. The van der Waals surface area contributed by atoms with Gasteiger partial charge in [0.2, 0.25) is 6.17 Å². The van der Waals surface area contributed by atoms with Gasteiger partial charge in [-0.3, -0.25) is 10.1 Å². The number of thioether (sulfide) groups is 1. The van der Waals surface area contributed by atoms with E-state index in [1.54, 1.807) is 35.4 Å². The van der Waals surface area contributed by atoms with Crippen molar-refractivity contribution in [2.45, 2.75) is 6.17 Å². The zero-order valence-corrected chi connectivity index (χ0v) is 17.1. The summed E-state index contributed by atoms with van der Waals surface area (Å²) >= 11 is 1.38. The monoisotopic (exact) mass is 432 g/mol. The van der Waals surface area contributed by atoms with Crippen LogP contribution in [-0.2, 0) is 4.79 Å². The lowest BCUT2D eigenvalue weighted by Crippen LogP contribution is -2.50. The molecule has 2 aliphatic heterocycles. The second-order valence-corrected chi connectivity index (χ2v) is 7.89. The Kier molecular flexibility index (Phi) is 4.91. The van der Waals surface area contributed by atoms with Gasteiger partial charge in [-0.25, -0.2) is 14.4 Å². The molecule has 1 aromatic heterocycles. The Balaban J connectivity index is 1.61. The van der Waals surface area contributed by atoms with Crippen molar-refractivity contribution in [3.63, 3.8) is 0 Å². The maximum Gasteiger partial charge on any atom is 0.276 e. The number of nitrogens with zero attached hydrogens (tertiary/aromatic N) is 3. The molecule has 31 heavy (non-hydrogen) atoms. The van der Waals surface area contributed by atoms with Gasteiger partial charge in [0.15, 0.2) is 10.9 Å². The van der Waals surface area contributed by atoms with Crippen molar-refractivity contribution in [1.82, 2.24) is 10.3 Å². The van der Waals surface area contributed by atoms with Crippen LogP contribution in [0.25, 0.3) is 17.0 Å². The Hall–Kier alpha value is -3.65. The molecule has 1 amide bonds. The third-order valence-corrected chi connectivity index (χ3v) is 5.72. The molecule has 6 nitrogen and oxygen atoms in total. The van der Waals surface area contributed by atoms with Crippen LogP contribution in [0.3, 0.4) is 0 Å². The number of para-hydroxylation sites is 1. The number of nitrogens with one attached hydrogen (secondary N) is 1. The van der Waals surface area contributed by atoms with Crippen molar-refractivity contribution in [2.75, 3.05) is 5.75 Å². The molecule has 3 heterocycles. The first-order valence-corrected chi connectivity index (χ1v) is 10.6. The summed E-state index contributed by atoms with van der Waals surface area (Å²) in [7, 11) is 0. The van der Waals surface area contributed by atoms with Gasteiger partial charge in [0, 0.05) is 16.5 Å². The second kappa shape index (κ2) is 7.88. The molecule has 154 valence electrons. The number of benzene rings is 2. The van der Waals surface area contributed by atoms with Gasteiger partial charge < -0.3 is 4.42 Å². The molecule has 0 aliphatic carbocycles. The first-order valence-electron chi connectivity index (χ1n) is 9.60. The molecule has 0 saturated carbocycles. The Bertz CT molecular complexity index is 1330. The highest BCUT2D eigenvalue weighted by Crippen LogP contribution is 2.34. The largest absolute Gasteiger partial charge is 0.457 e. The molecule has 2 aromatic carbocycles. The van der Waals surface area contributed by atoms with Crippen molar-refractivity contribution < 1.29 is 13.6 Å². The van der Waals surface area contributed by atoms with Crippen molar-refractivity contribution in [2.24, 2.45) is 10.1 Å². The number of hydrogen-bond acceptors (Lipinski definition) is 6. The van der Waals surface area contributed by atoms with Crippen LogP contribution in [0.5, 0.6) is 0 Å². The average molecular weight is 432 g/mol. The van der Waals surface area contributed by atoms with Crippen molar-refractivity contribution in [3.05, 3.63) is 95.5 Å². The number of carbonyl (C=O) groups is 1. The van der Waals surface area contributed by atoms with Gasteiger partial charge in [0.25, 0.3) is 5.91 Å². The first-order chi connectivity index (χ1) is 15.1. The Morgan fingerprint density at radius 1 is 1.16 bits per heavy atom. The van der Waals surface area contributed by atoms with E-state index in [2.05, 4.69) is 17.0 Å². The normalized spacial score (nSPS) is 17.3. The third-order valence-electron chi connectivity index (χ3n) is 4.86. The molecule has 1 unspecified atom stereocenters. The quantitative estimate of drug-likeness (QED) is 0.643. The fraction of sp³-hybridized carbons (Fsp3) is 0.0870. The van der Waals surface area contributed by atoms with Crippen LogP contribution in [0.1, 0.15) is 11.9 Å². The van der Waals surface area contributed by atoms with Crippen LogP contribution < -0.4 is 15.9 Å². The Morgan fingerprint density at radius 3 is 2.77 bits per heavy atom. The third kappa shape index (κ3) is 3.55. The van der Waals surface area contributed by atoms with Crippen molar-refractivity contribution in [1.29, 1.82) is 0 Å². The predicted octanol–water partition coefficient (Wildman–Crippen LogP) is 3.15. The number of amides is 1. The van der Waals surface area contributed by atoms with E-state index < -0.39 is 6.17 Å². The maximum absolute atomic E-state index is 13.3. The molecule has 0 spiro atoms. The minimum atomic E-state index is -0.649. The van der Waals surface area contributed by atoms with E-state index >= 15 is 0 Å². The van der Waals surface area contributed by atoms with Crippen molar-refractivity contribution in [3.8, 4) is 11.3 Å². The van der Waals surface area contributed by atoms with Gasteiger partial charge in [-0.2, -0.15) is 0 Å². The molecule has 0 fully saturated rings. The van der Waals surface area contributed by atoms with E-state index in [1.807, 2.05) is 24.3 Å². The zero-order chi connectivity index (χ0) is 21.4. The highest BCUT2D eigenvalue weighted by Gasteiger charge is 2.35. The van der Waals surface area contributed by atoms with E-state index in [4.69, 9.17) is 9.41 Å². The number of hydrazone groups is 1. The fourth-order valence-corrected chi connectivity index (χ4v) is 4.06. The van der Waals surface area contributed by atoms with E-state index in [0.29, 0.717) is 38.7 Å². The standard InChI is InChI=1S/C23H17FN4O2S/c1-2-13-31-23-26-22(29)20-16-5-3-4-6-17(16)25-21(28(20)27-23)19-12-11-18(30-19)14-7-9-15(24)10-8-14/h2-12,21H,1,13H2,(H,26,27,29). The number of amidine groups is 1. The molecular weight excluding hydrogens is 415 g/mol. The first kappa shape index (κ1) is 19.3. The molecule has 5 rings (SSSR count). The molecule has 8 heteroatoms. The molecule has 0 bridgehead atoms. The molecule has 0 saturated heterocycles. The number of fused-ring (bicyclic) bond motifs is 2. The van der Waals surface area contributed by atoms with E-state index in [9.17, 15) is 9.18 Å². The van der Waals surface area contributed by atoms with E-state index in [0.717, 1.165) is 5.56 Å². The van der Waals surface area contributed by atoms with Crippen LogP contribution in [0, 0.1) is 5.82 Å². The SMILES string of the molecule is C=CCSC1=NN2C(=c3ccccc3=NC2c2ccc(-c3ccc(F)cc3)o2)C(=O)N1. The van der Waals surface area contributed by atoms with Crippen LogP contribution in [0.15, 0.2) is 87.8 Å². The molecule has 0 radical (unpaired) electrons. The van der Waals surface area contributed by atoms with Crippen LogP contribution in [-0.4, -0.2) is 21.8 Å². The van der Waals surface area contributed by atoms with Gasteiger partial charge in [-0.15, -0.1) is 11.7 Å². The van der Waals surface area contributed by atoms with Gasteiger partial charge in [0.1, 0.15) is 17.3 Å². The molecule has 1 N–H and O–H groups in total. The number of rotatable bonds is 4. The van der Waals surface area contributed by atoms with Crippen LogP contribution >= 0.6 is 11.8 Å². The van der Waals surface area contributed by atoms with Gasteiger partial charge >= 0.3 is 0 Å². The lowest BCUT2D eigenvalue weighted by Gasteiger charge is -2.32. The van der Waals surface area contributed by atoms with Gasteiger partial charge in [-0.1, -0.05) is 36.0 Å². The number of carbonyl (C=O) groups excluding carboxylic acids is 1. The number of halogens is 1. The lowest BCUT2D eigenvalue weighted by atomic mass is 10.1. The summed E-state index contributed by atoms with van der Waals surface area (Å²) in [6.45, 7) is 3.71. The zero-order valence-electron chi connectivity index (χ0n) is 16.3. The maximum atomic E-state index is 13.3. The fourth-order valence-electron chi connectivity index (χ4n) is 3.48.